The predicted molar refractivity (Wildman–Crippen MR) is 90.4 cm³/mol. The molecule has 1 aromatic carbocycles. The molecule has 1 saturated heterocycles. The fourth-order valence-electron chi connectivity index (χ4n) is 3.85. The van der Waals surface area contributed by atoms with Crippen molar-refractivity contribution >= 4 is 11.8 Å². The number of β-amino-alcohol motifs (C(OH)–C–C–N with tert-alkyl or cyclic N) is 1. The molecule has 0 aromatic heterocycles. The molecule has 1 aliphatic carbocycles. The van der Waals surface area contributed by atoms with Crippen LogP contribution in [-0.4, -0.2) is 53.1 Å². The molecule has 3 atom stereocenters. The highest BCUT2D eigenvalue weighted by Gasteiger charge is 2.36. The van der Waals surface area contributed by atoms with Gasteiger partial charge in [0.05, 0.1) is 12.5 Å². The zero-order valence-corrected chi connectivity index (χ0v) is 13.8. The van der Waals surface area contributed by atoms with Crippen molar-refractivity contribution in [3.63, 3.8) is 0 Å². The van der Waals surface area contributed by atoms with E-state index in [4.69, 9.17) is 5.73 Å². The Kier molecular flexibility index (Phi) is 5.16. The number of likely N-dealkylation sites (tertiary alicyclic amines) is 1. The Morgan fingerprint density at radius 1 is 1.21 bits per heavy atom. The lowest BCUT2D eigenvalue weighted by atomic mass is 10.1. The first-order valence-corrected chi connectivity index (χ1v) is 8.63. The molecule has 2 amide bonds. The van der Waals surface area contributed by atoms with Gasteiger partial charge in [0.15, 0.2) is 0 Å². The molecule has 0 spiro atoms. The molecule has 0 radical (unpaired) electrons. The van der Waals surface area contributed by atoms with E-state index < -0.39 is 5.91 Å². The van der Waals surface area contributed by atoms with Gasteiger partial charge < -0.3 is 16.2 Å². The van der Waals surface area contributed by atoms with Gasteiger partial charge in [-0.05, 0) is 43.4 Å². The number of amides is 2. The Labute approximate surface area is 142 Å². The minimum Gasteiger partial charge on any atom is -0.392 e. The Bertz CT molecular complexity index is 602. The molecule has 2 fully saturated rings. The third-order valence-electron chi connectivity index (χ3n) is 5.09. The molecular weight excluding hydrogens is 306 g/mol. The van der Waals surface area contributed by atoms with E-state index in [-0.39, 0.29) is 18.1 Å². The van der Waals surface area contributed by atoms with Crippen LogP contribution in [0.1, 0.15) is 41.6 Å². The van der Waals surface area contributed by atoms with Crippen molar-refractivity contribution < 1.29 is 14.7 Å². The number of benzene rings is 1. The quantitative estimate of drug-likeness (QED) is 0.729. The van der Waals surface area contributed by atoms with Crippen molar-refractivity contribution in [2.24, 2.45) is 5.73 Å². The molecule has 0 bridgehead atoms. The Balaban J connectivity index is 1.54. The summed E-state index contributed by atoms with van der Waals surface area (Å²) in [5, 5.41) is 12.9. The first kappa shape index (κ1) is 16.9. The van der Waals surface area contributed by atoms with Crippen LogP contribution in [0, 0.1) is 0 Å². The van der Waals surface area contributed by atoms with Crippen LogP contribution in [-0.2, 0) is 11.2 Å². The number of nitrogens with zero attached hydrogens (tertiary/aromatic N) is 1. The summed E-state index contributed by atoms with van der Waals surface area (Å²) in [6, 6.07) is 7.32. The highest BCUT2D eigenvalue weighted by atomic mass is 16.3. The molecule has 1 saturated carbocycles. The van der Waals surface area contributed by atoms with Gasteiger partial charge in [-0.25, -0.2) is 0 Å². The van der Waals surface area contributed by atoms with Crippen LogP contribution in [0.15, 0.2) is 24.3 Å². The van der Waals surface area contributed by atoms with E-state index in [0.717, 1.165) is 37.8 Å². The van der Waals surface area contributed by atoms with Gasteiger partial charge in [-0.15, -0.1) is 0 Å². The van der Waals surface area contributed by atoms with Gasteiger partial charge in [-0.2, -0.15) is 0 Å². The Hall–Kier alpha value is -1.92. The fraction of sp³-hybridized carbons (Fsp3) is 0.556. The number of hydrogen-bond donors (Lipinski definition) is 3. The number of aliphatic hydroxyl groups is 1. The highest BCUT2D eigenvalue weighted by molar-refractivity contribution is 5.92. The summed E-state index contributed by atoms with van der Waals surface area (Å²) in [5.41, 5.74) is 6.53. The van der Waals surface area contributed by atoms with Crippen molar-refractivity contribution in [2.75, 3.05) is 13.1 Å². The van der Waals surface area contributed by atoms with Crippen LogP contribution >= 0.6 is 0 Å². The first-order valence-electron chi connectivity index (χ1n) is 8.63. The summed E-state index contributed by atoms with van der Waals surface area (Å²) in [7, 11) is 0. The summed E-state index contributed by atoms with van der Waals surface area (Å²) in [6.07, 6.45) is 4.06. The topological polar surface area (TPSA) is 95.7 Å². The summed E-state index contributed by atoms with van der Waals surface area (Å²) in [5.74, 6) is -0.467. The second kappa shape index (κ2) is 7.32. The maximum Gasteiger partial charge on any atom is 0.248 e. The van der Waals surface area contributed by atoms with Crippen molar-refractivity contribution in [1.82, 2.24) is 10.2 Å². The van der Waals surface area contributed by atoms with Crippen LogP contribution in [0.2, 0.25) is 0 Å². The van der Waals surface area contributed by atoms with Crippen LogP contribution in [0.5, 0.6) is 0 Å². The van der Waals surface area contributed by atoms with E-state index >= 15 is 0 Å². The molecule has 3 rings (SSSR count). The van der Waals surface area contributed by atoms with Crippen LogP contribution in [0.3, 0.4) is 0 Å². The van der Waals surface area contributed by atoms with Gasteiger partial charge in [0.2, 0.25) is 11.8 Å². The number of carbonyl (C=O) groups excluding carboxylic acids is 2. The summed E-state index contributed by atoms with van der Waals surface area (Å²) >= 11 is 0. The summed E-state index contributed by atoms with van der Waals surface area (Å²) in [4.78, 5) is 25.7. The lowest BCUT2D eigenvalue weighted by molar-refractivity contribution is -0.121. The molecule has 6 heteroatoms. The molecule has 130 valence electrons. The average molecular weight is 331 g/mol. The zero-order valence-electron chi connectivity index (χ0n) is 13.8. The Morgan fingerprint density at radius 3 is 2.58 bits per heavy atom. The third-order valence-corrected chi connectivity index (χ3v) is 5.09. The second-order valence-electron chi connectivity index (χ2n) is 6.85. The maximum atomic E-state index is 12.3. The second-order valence-corrected chi connectivity index (χ2v) is 6.85. The van der Waals surface area contributed by atoms with Crippen LogP contribution < -0.4 is 11.1 Å². The monoisotopic (exact) mass is 331 g/mol. The number of nitrogens with two attached hydrogens (primary N) is 1. The first-order chi connectivity index (χ1) is 11.5. The molecular formula is C18H25N3O3. The molecule has 2 aliphatic rings. The van der Waals surface area contributed by atoms with Crippen LogP contribution in [0.4, 0.5) is 0 Å². The van der Waals surface area contributed by atoms with Crippen LogP contribution in [0.25, 0.3) is 0 Å². The molecule has 6 nitrogen and oxygen atoms in total. The van der Waals surface area contributed by atoms with Gasteiger partial charge in [-0.3, -0.25) is 14.5 Å². The molecule has 1 heterocycles. The molecule has 24 heavy (non-hydrogen) atoms. The number of aliphatic hydroxyl groups excluding tert-OH is 1. The fourth-order valence-corrected chi connectivity index (χ4v) is 3.85. The van der Waals surface area contributed by atoms with E-state index in [1.807, 2.05) is 0 Å². The van der Waals surface area contributed by atoms with E-state index in [1.54, 1.807) is 24.3 Å². The van der Waals surface area contributed by atoms with Gasteiger partial charge in [0, 0.05) is 30.7 Å². The van der Waals surface area contributed by atoms with E-state index in [9.17, 15) is 14.7 Å². The van der Waals surface area contributed by atoms with Gasteiger partial charge in [-0.1, -0.05) is 12.1 Å². The molecule has 1 aliphatic heterocycles. The Morgan fingerprint density at radius 2 is 1.96 bits per heavy atom. The summed E-state index contributed by atoms with van der Waals surface area (Å²) in [6.45, 7) is 1.62. The average Bonchev–Trinajstić information content (AvgIpc) is 3.16. The zero-order chi connectivity index (χ0) is 17.1. The lowest BCUT2D eigenvalue weighted by Crippen LogP contribution is -2.48. The van der Waals surface area contributed by atoms with Crippen molar-refractivity contribution in [1.29, 1.82) is 0 Å². The normalized spacial score (nSPS) is 27.3. The maximum absolute atomic E-state index is 12.3. The van der Waals surface area contributed by atoms with Crippen molar-refractivity contribution in [2.45, 2.75) is 50.3 Å². The number of hydrogen-bond acceptors (Lipinski definition) is 4. The van der Waals surface area contributed by atoms with Gasteiger partial charge in [0.25, 0.3) is 0 Å². The smallest absolute Gasteiger partial charge is 0.248 e. The van der Waals surface area contributed by atoms with Crippen molar-refractivity contribution in [3.8, 4) is 0 Å². The molecule has 1 unspecified atom stereocenters. The SMILES string of the molecule is NC(=O)c1ccc(CC(=O)N[C@@H]2CCC[C@@H]2N2CCC(O)C2)cc1. The third kappa shape index (κ3) is 3.94. The molecule has 1 aromatic rings. The summed E-state index contributed by atoms with van der Waals surface area (Å²) < 4.78 is 0. The van der Waals surface area contributed by atoms with E-state index in [1.165, 1.54) is 0 Å². The lowest BCUT2D eigenvalue weighted by Gasteiger charge is -2.29. The number of primary amides is 1. The standard InChI is InChI=1S/C18H25N3O3/c19-18(24)13-6-4-12(5-7-13)10-17(23)20-15-2-1-3-16(15)21-9-8-14(22)11-21/h4-7,14-16,22H,1-3,8-11H2,(H2,19,24)(H,20,23)/t14?,15-,16+/m1/s1. The minimum atomic E-state index is -0.465. The number of rotatable bonds is 5. The van der Waals surface area contributed by atoms with Gasteiger partial charge in [0.1, 0.15) is 0 Å². The molecule has 4 N–H and O–H groups in total. The number of nitrogens with one attached hydrogen (secondary N) is 1. The highest BCUT2D eigenvalue weighted by Crippen LogP contribution is 2.27. The van der Waals surface area contributed by atoms with Gasteiger partial charge >= 0.3 is 0 Å². The predicted octanol–water partition coefficient (Wildman–Crippen LogP) is 0.432. The van der Waals surface area contributed by atoms with Crippen molar-refractivity contribution in [3.05, 3.63) is 35.4 Å². The minimum absolute atomic E-state index is 0.00142. The van der Waals surface area contributed by atoms with E-state index in [2.05, 4.69) is 10.2 Å². The number of carbonyl (C=O) groups is 2. The van der Waals surface area contributed by atoms with E-state index in [0.29, 0.717) is 24.6 Å². The largest absolute Gasteiger partial charge is 0.392 e.